The molecular weight excluding hydrogens is 220 g/mol. The molecule has 0 amide bonds. The van der Waals surface area contributed by atoms with Crippen molar-refractivity contribution in [2.75, 3.05) is 25.6 Å². The molecule has 0 radical (unpaired) electrons. The minimum Gasteiger partial charge on any atom is -0.389 e. The molecule has 6 heteroatoms. The van der Waals surface area contributed by atoms with E-state index >= 15 is 0 Å². The van der Waals surface area contributed by atoms with E-state index in [4.69, 9.17) is 10.00 Å². The van der Waals surface area contributed by atoms with Crippen molar-refractivity contribution in [3.8, 4) is 6.07 Å². The van der Waals surface area contributed by atoms with Gasteiger partial charge in [0.15, 0.2) is 5.82 Å². The highest BCUT2D eigenvalue weighted by Gasteiger charge is 2.11. The van der Waals surface area contributed by atoms with Crippen LogP contribution in [0.15, 0.2) is 0 Å². The Bertz CT molecular complexity index is 428. The maximum atomic E-state index is 9.48. The highest BCUT2D eigenvalue weighted by Crippen LogP contribution is 2.16. The van der Waals surface area contributed by atoms with Gasteiger partial charge in [-0.2, -0.15) is 10.4 Å². The smallest absolute Gasteiger partial charge is 0.167 e. The van der Waals surface area contributed by atoms with E-state index in [1.54, 1.807) is 6.92 Å². The number of nitrogens with zero attached hydrogens (tertiary/aromatic N) is 3. The molecule has 6 nitrogen and oxygen atoms in total. The highest BCUT2D eigenvalue weighted by atomic mass is 16.5. The number of ether oxygens (including phenoxy) is 1. The first kappa shape index (κ1) is 13.4. The van der Waals surface area contributed by atoms with Crippen LogP contribution in [0.5, 0.6) is 0 Å². The molecule has 1 aromatic rings. The molecule has 0 bridgehead atoms. The maximum absolute atomic E-state index is 9.48. The van der Waals surface area contributed by atoms with Crippen LogP contribution in [0.25, 0.3) is 0 Å². The average Bonchev–Trinajstić information content (AvgIpc) is 2.31. The predicted octanol–water partition coefficient (Wildman–Crippen LogP) is 0.384. The number of nitrogens with one attached hydrogen (secondary N) is 1. The van der Waals surface area contributed by atoms with Crippen LogP contribution in [0.1, 0.15) is 16.8 Å². The van der Waals surface area contributed by atoms with Gasteiger partial charge in [0.05, 0.1) is 18.4 Å². The number of aliphatic hydroxyl groups is 1. The summed E-state index contributed by atoms with van der Waals surface area (Å²) in [5, 5.41) is 29.3. The van der Waals surface area contributed by atoms with Gasteiger partial charge >= 0.3 is 0 Å². The summed E-state index contributed by atoms with van der Waals surface area (Å²) in [6, 6.07) is 2.08. The SMILES string of the molecule is COCC(O)CNc1nnc(C)c(C)c1C#N. The maximum Gasteiger partial charge on any atom is 0.167 e. The lowest BCUT2D eigenvalue weighted by molar-refractivity contribution is 0.0727. The quantitative estimate of drug-likeness (QED) is 0.768. The predicted molar refractivity (Wildman–Crippen MR) is 62.6 cm³/mol. The third kappa shape index (κ3) is 3.37. The van der Waals surface area contributed by atoms with Gasteiger partial charge in [-0.25, -0.2) is 0 Å². The molecule has 0 saturated carbocycles. The molecule has 0 fully saturated rings. The van der Waals surface area contributed by atoms with Gasteiger partial charge in [0.1, 0.15) is 11.6 Å². The lowest BCUT2D eigenvalue weighted by atomic mass is 10.1. The summed E-state index contributed by atoms with van der Waals surface area (Å²) < 4.78 is 4.80. The molecule has 1 heterocycles. The normalized spacial score (nSPS) is 11.9. The fraction of sp³-hybridized carbons (Fsp3) is 0.545. The van der Waals surface area contributed by atoms with Crippen LogP contribution in [0, 0.1) is 25.2 Å². The summed E-state index contributed by atoms with van der Waals surface area (Å²) in [4.78, 5) is 0. The molecule has 0 aromatic carbocycles. The van der Waals surface area contributed by atoms with Crippen molar-refractivity contribution in [2.45, 2.75) is 20.0 Å². The van der Waals surface area contributed by atoms with E-state index in [-0.39, 0.29) is 13.2 Å². The number of aryl methyl sites for hydroxylation is 1. The van der Waals surface area contributed by atoms with Gasteiger partial charge in [-0.15, -0.1) is 5.10 Å². The molecule has 92 valence electrons. The first-order valence-electron chi connectivity index (χ1n) is 5.25. The van der Waals surface area contributed by atoms with Gasteiger partial charge in [0.25, 0.3) is 0 Å². The minimum absolute atomic E-state index is 0.229. The molecule has 1 aromatic heterocycles. The third-order valence-electron chi connectivity index (χ3n) is 2.43. The van der Waals surface area contributed by atoms with Crippen molar-refractivity contribution in [3.63, 3.8) is 0 Å². The second kappa shape index (κ2) is 6.13. The van der Waals surface area contributed by atoms with E-state index in [9.17, 15) is 5.11 Å². The first-order chi connectivity index (χ1) is 8.10. The number of aromatic nitrogens is 2. The summed E-state index contributed by atoms with van der Waals surface area (Å²) in [5.74, 6) is 0.394. The molecule has 2 N–H and O–H groups in total. The number of anilines is 1. The van der Waals surface area contributed by atoms with Crippen molar-refractivity contribution < 1.29 is 9.84 Å². The molecule has 1 rings (SSSR count). The highest BCUT2D eigenvalue weighted by molar-refractivity contribution is 5.55. The molecule has 0 aliphatic rings. The summed E-state index contributed by atoms with van der Waals surface area (Å²) in [5.41, 5.74) is 1.98. The van der Waals surface area contributed by atoms with Crippen molar-refractivity contribution in [1.82, 2.24) is 10.2 Å². The molecule has 1 unspecified atom stereocenters. The van der Waals surface area contributed by atoms with Crippen LogP contribution in [0.4, 0.5) is 5.82 Å². The Balaban J connectivity index is 2.79. The van der Waals surface area contributed by atoms with E-state index in [2.05, 4.69) is 21.6 Å². The first-order valence-corrected chi connectivity index (χ1v) is 5.25. The van der Waals surface area contributed by atoms with Crippen molar-refractivity contribution in [2.24, 2.45) is 0 Å². The van der Waals surface area contributed by atoms with Crippen molar-refractivity contribution in [1.29, 1.82) is 5.26 Å². The lowest BCUT2D eigenvalue weighted by Crippen LogP contribution is -2.25. The lowest BCUT2D eigenvalue weighted by Gasteiger charge is -2.12. The zero-order valence-electron chi connectivity index (χ0n) is 10.2. The van der Waals surface area contributed by atoms with Gasteiger partial charge < -0.3 is 15.2 Å². The molecular formula is C11H16N4O2. The summed E-state index contributed by atoms with van der Waals surface area (Å²) in [6.45, 7) is 4.11. The monoisotopic (exact) mass is 236 g/mol. The molecule has 0 saturated heterocycles. The fourth-order valence-corrected chi connectivity index (χ4v) is 1.33. The van der Waals surface area contributed by atoms with E-state index in [1.807, 2.05) is 6.92 Å². The number of methoxy groups -OCH3 is 1. The molecule has 0 spiro atoms. The van der Waals surface area contributed by atoms with Gasteiger partial charge in [-0.05, 0) is 19.4 Å². The minimum atomic E-state index is -0.644. The van der Waals surface area contributed by atoms with Crippen LogP contribution in [0.2, 0.25) is 0 Å². The van der Waals surface area contributed by atoms with E-state index < -0.39 is 6.10 Å². The Labute approximate surface area is 100 Å². The zero-order chi connectivity index (χ0) is 12.8. The summed E-state index contributed by atoms with van der Waals surface area (Å²) in [7, 11) is 1.51. The number of aliphatic hydroxyl groups excluding tert-OH is 1. The van der Waals surface area contributed by atoms with Crippen molar-refractivity contribution >= 4 is 5.82 Å². The fourth-order valence-electron chi connectivity index (χ4n) is 1.33. The molecule has 17 heavy (non-hydrogen) atoms. The average molecular weight is 236 g/mol. The third-order valence-corrected chi connectivity index (χ3v) is 2.43. The Kier molecular flexibility index (Phi) is 4.82. The van der Waals surface area contributed by atoms with Crippen LogP contribution in [0.3, 0.4) is 0 Å². The Morgan fingerprint density at radius 2 is 2.18 bits per heavy atom. The zero-order valence-corrected chi connectivity index (χ0v) is 10.2. The second-order valence-corrected chi connectivity index (χ2v) is 3.74. The largest absolute Gasteiger partial charge is 0.389 e. The topological polar surface area (TPSA) is 91.1 Å². The van der Waals surface area contributed by atoms with E-state index in [0.29, 0.717) is 11.4 Å². The van der Waals surface area contributed by atoms with Gasteiger partial charge in [-0.3, -0.25) is 0 Å². The Morgan fingerprint density at radius 3 is 2.76 bits per heavy atom. The summed E-state index contributed by atoms with van der Waals surface area (Å²) in [6.07, 6.45) is -0.644. The van der Waals surface area contributed by atoms with Gasteiger partial charge in [0.2, 0.25) is 0 Å². The van der Waals surface area contributed by atoms with Crippen LogP contribution >= 0.6 is 0 Å². The van der Waals surface area contributed by atoms with Crippen LogP contribution in [-0.4, -0.2) is 41.7 Å². The second-order valence-electron chi connectivity index (χ2n) is 3.74. The van der Waals surface area contributed by atoms with Gasteiger partial charge in [-0.1, -0.05) is 0 Å². The van der Waals surface area contributed by atoms with E-state index in [0.717, 1.165) is 11.3 Å². The van der Waals surface area contributed by atoms with E-state index in [1.165, 1.54) is 7.11 Å². The Hall–Kier alpha value is -1.71. The van der Waals surface area contributed by atoms with Crippen LogP contribution in [-0.2, 0) is 4.74 Å². The summed E-state index contributed by atoms with van der Waals surface area (Å²) >= 11 is 0. The van der Waals surface area contributed by atoms with Gasteiger partial charge in [0, 0.05) is 13.7 Å². The van der Waals surface area contributed by atoms with Crippen LogP contribution < -0.4 is 5.32 Å². The number of hydrogen-bond acceptors (Lipinski definition) is 6. The van der Waals surface area contributed by atoms with Crippen molar-refractivity contribution in [3.05, 3.63) is 16.8 Å². The standard InChI is InChI=1S/C11H16N4O2/c1-7-8(2)14-15-11(10(7)4-12)13-5-9(16)6-17-3/h9,16H,5-6H2,1-3H3,(H,13,15). The Morgan fingerprint density at radius 1 is 1.47 bits per heavy atom. The number of hydrogen-bond donors (Lipinski definition) is 2. The molecule has 0 aliphatic carbocycles. The molecule has 0 aliphatic heterocycles. The molecule has 1 atom stereocenters. The number of rotatable bonds is 5. The number of nitriles is 1.